The van der Waals surface area contributed by atoms with E-state index in [2.05, 4.69) is 47.4 Å². The molecule has 0 bridgehead atoms. The summed E-state index contributed by atoms with van der Waals surface area (Å²) in [5.41, 5.74) is 6.43. The minimum absolute atomic E-state index is 0.0411. The van der Waals surface area contributed by atoms with Crippen LogP contribution in [0.15, 0.2) is 73.7 Å². The van der Waals surface area contributed by atoms with E-state index in [0.717, 1.165) is 32.5 Å². The number of rotatable bonds is 7. The summed E-state index contributed by atoms with van der Waals surface area (Å²) in [5.74, 6) is 0.0301. The smallest absolute Gasteiger partial charge is 0.277 e. The molecule has 4 rings (SSSR count). The molecule has 0 aliphatic rings. The van der Waals surface area contributed by atoms with E-state index in [4.69, 9.17) is 9.88 Å². The van der Waals surface area contributed by atoms with Gasteiger partial charge in [0.2, 0.25) is 10.0 Å². The Morgan fingerprint density at radius 3 is 2.58 bits per heavy atom. The molecule has 186 valence electrons. The first-order valence-corrected chi connectivity index (χ1v) is 13.7. The molecule has 36 heavy (non-hydrogen) atoms. The van der Waals surface area contributed by atoms with Gasteiger partial charge >= 0.3 is 0 Å². The molecule has 0 aliphatic carbocycles. The van der Waals surface area contributed by atoms with Gasteiger partial charge in [0.1, 0.15) is 5.52 Å². The molecule has 0 saturated carbocycles. The van der Waals surface area contributed by atoms with Crippen LogP contribution in [-0.4, -0.2) is 36.7 Å². The number of fused-ring (bicyclic) bond motifs is 1. The van der Waals surface area contributed by atoms with Gasteiger partial charge in [-0.3, -0.25) is 9.78 Å². The molecule has 0 unspecified atom stereocenters. The number of sulfonamides is 1. The van der Waals surface area contributed by atoms with Gasteiger partial charge in [-0.1, -0.05) is 22.0 Å². The van der Waals surface area contributed by atoms with E-state index in [1.165, 1.54) is 12.1 Å². The zero-order chi connectivity index (χ0) is 26.0. The number of amides is 1. The van der Waals surface area contributed by atoms with Crippen molar-refractivity contribution < 1.29 is 17.9 Å². The van der Waals surface area contributed by atoms with E-state index >= 15 is 0 Å². The fraction of sp³-hybridized carbons (Fsp3) is 0.125. The van der Waals surface area contributed by atoms with Crippen molar-refractivity contribution in [2.75, 3.05) is 6.61 Å². The summed E-state index contributed by atoms with van der Waals surface area (Å²) in [6.07, 6.45) is 3.20. The van der Waals surface area contributed by atoms with Gasteiger partial charge in [-0.25, -0.2) is 19.0 Å². The Hall–Kier alpha value is -3.06. The molecule has 2 aromatic heterocycles. The average Bonchev–Trinajstić information content (AvgIpc) is 3.11. The predicted molar refractivity (Wildman–Crippen MR) is 145 cm³/mol. The number of benzene rings is 2. The third-order valence-electron chi connectivity index (χ3n) is 5.38. The molecule has 0 saturated heterocycles. The number of hydrazone groups is 1. The van der Waals surface area contributed by atoms with Crippen LogP contribution in [0.2, 0.25) is 0 Å². The van der Waals surface area contributed by atoms with Crippen LogP contribution in [0.5, 0.6) is 5.75 Å². The molecular formula is C24H21Br2N5O4S. The third-order valence-corrected chi connectivity index (χ3v) is 7.56. The summed E-state index contributed by atoms with van der Waals surface area (Å²) >= 11 is 6.96. The van der Waals surface area contributed by atoms with Gasteiger partial charge in [0.05, 0.1) is 15.6 Å². The van der Waals surface area contributed by atoms with Crippen molar-refractivity contribution >= 4 is 64.9 Å². The minimum atomic E-state index is -3.76. The van der Waals surface area contributed by atoms with Gasteiger partial charge in [-0.15, -0.1) is 0 Å². The first-order chi connectivity index (χ1) is 17.1. The van der Waals surface area contributed by atoms with Crippen LogP contribution in [0.3, 0.4) is 0 Å². The predicted octanol–water partition coefficient (Wildman–Crippen LogP) is 4.34. The number of carbonyl (C=O) groups excluding carboxylic acids is 1. The lowest BCUT2D eigenvalue weighted by atomic mass is 10.2. The van der Waals surface area contributed by atoms with E-state index in [1.807, 2.05) is 42.7 Å². The number of primary sulfonamides is 1. The van der Waals surface area contributed by atoms with Crippen molar-refractivity contribution in [2.45, 2.75) is 18.7 Å². The van der Waals surface area contributed by atoms with E-state index in [1.54, 1.807) is 24.5 Å². The summed E-state index contributed by atoms with van der Waals surface area (Å²) in [6.45, 7) is 3.56. The summed E-state index contributed by atoms with van der Waals surface area (Å²) in [5, 5.41) is 10.1. The largest absolute Gasteiger partial charge is 0.480 e. The number of aryl methyl sites for hydroxylation is 1. The number of hydrogen-bond donors (Lipinski definition) is 2. The SMILES string of the molecule is Cc1cc(/C=N/NC(=O)COc2c(Br)cc(Br)c3cccnc23)c(C)n1-c1ccc(S(N)(=O)=O)cc1. The summed E-state index contributed by atoms with van der Waals surface area (Å²) in [7, 11) is -3.76. The van der Waals surface area contributed by atoms with E-state index in [0.29, 0.717) is 15.7 Å². The Bertz CT molecular complexity index is 1600. The van der Waals surface area contributed by atoms with Crippen LogP contribution in [0.4, 0.5) is 0 Å². The Morgan fingerprint density at radius 2 is 1.89 bits per heavy atom. The molecule has 0 atom stereocenters. The maximum Gasteiger partial charge on any atom is 0.277 e. The number of halogens is 2. The van der Waals surface area contributed by atoms with Gasteiger partial charge in [0.15, 0.2) is 12.4 Å². The minimum Gasteiger partial charge on any atom is -0.480 e. The number of pyridine rings is 1. The van der Waals surface area contributed by atoms with Gasteiger partial charge in [0, 0.05) is 38.7 Å². The quantitative estimate of drug-likeness (QED) is 0.231. The van der Waals surface area contributed by atoms with Crippen molar-refractivity contribution in [3.63, 3.8) is 0 Å². The van der Waals surface area contributed by atoms with Crippen molar-refractivity contribution in [3.8, 4) is 11.4 Å². The van der Waals surface area contributed by atoms with Crippen LogP contribution < -0.4 is 15.3 Å². The summed E-state index contributed by atoms with van der Waals surface area (Å²) in [4.78, 5) is 16.8. The Labute approximate surface area is 224 Å². The lowest BCUT2D eigenvalue weighted by Gasteiger charge is -2.11. The zero-order valence-electron chi connectivity index (χ0n) is 19.2. The zero-order valence-corrected chi connectivity index (χ0v) is 23.2. The average molecular weight is 635 g/mol. The molecule has 4 aromatic rings. The standard InChI is InChI=1S/C24H21Br2N5O4S/c1-14-10-16(15(2)31(14)17-5-7-18(8-6-17)36(27,33)34)12-29-30-22(32)13-35-24-21(26)11-20(25)19-4-3-9-28-23(19)24/h3-12H,13H2,1-2H3,(H,30,32)(H2,27,33,34)/b29-12+. The molecule has 1 amide bonds. The number of nitrogens with zero attached hydrogens (tertiary/aromatic N) is 3. The Balaban J connectivity index is 1.44. The Morgan fingerprint density at radius 1 is 1.17 bits per heavy atom. The van der Waals surface area contributed by atoms with E-state index < -0.39 is 15.9 Å². The summed E-state index contributed by atoms with van der Waals surface area (Å²) in [6, 6.07) is 13.8. The van der Waals surface area contributed by atoms with Crippen LogP contribution in [-0.2, 0) is 14.8 Å². The molecule has 0 aliphatic heterocycles. The van der Waals surface area contributed by atoms with Crippen LogP contribution in [0.25, 0.3) is 16.6 Å². The number of nitrogens with one attached hydrogen (secondary N) is 1. The first kappa shape index (κ1) is 26.0. The molecule has 0 radical (unpaired) electrons. The van der Waals surface area contributed by atoms with Gasteiger partial charge in [-0.05, 0) is 72.2 Å². The number of carbonyl (C=O) groups is 1. The number of aromatic nitrogens is 2. The maximum absolute atomic E-state index is 12.4. The number of ether oxygens (including phenoxy) is 1. The van der Waals surface area contributed by atoms with E-state index in [-0.39, 0.29) is 11.5 Å². The highest BCUT2D eigenvalue weighted by molar-refractivity contribution is 9.11. The van der Waals surface area contributed by atoms with Crippen LogP contribution in [0.1, 0.15) is 17.0 Å². The highest BCUT2D eigenvalue weighted by atomic mass is 79.9. The van der Waals surface area contributed by atoms with Crippen molar-refractivity contribution in [1.82, 2.24) is 15.0 Å². The molecule has 2 heterocycles. The van der Waals surface area contributed by atoms with Crippen molar-refractivity contribution in [1.29, 1.82) is 0 Å². The summed E-state index contributed by atoms with van der Waals surface area (Å²) < 4.78 is 32.2. The Kier molecular flexibility index (Phi) is 7.59. The topological polar surface area (TPSA) is 129 Å². The lowest BCUT2D eigenvalue weighted by Crippen LogP contribution is -2.24. The van der Waals surface area contributed by atoms with Gasteiger partial charge < -0.3 is 9.30 Å². The molecule has 3 N–H and O–H groups in total. The highest BCUT2D eigenvalue weighted by Gasteiger charge is 2.14. The van der Waals surface area contributed by atoms with E-state index in [9.17, 15) is 13.2 Å². The fourth-order valence-corrected chi connectivity index (χ4v) is 5.63. The first-order valence-electron chi connectivity index (χ1n) is 10.6. The van der Waals surface area contributed by atoms with Crippen LogP contribution >= 0.6 is 31.9 Å². The normalized spacial score (nSPS) is 11.8. The molecule has 0 fully saturated rings. The monoisotopic (exact) mass is 633 g/mol. The highest BCUT2D eigenvalue weighted by Crippen LogP contribution is 2.37. The molecule has 0 spiro atoms. The number of hydrogen-bond acceptors (Lipinski definition) is 6. The second-order valence-electron chi connectivity index (χ2n) is 7.85. The third kappa shape index (κ3) is 5.51. The molecular weight excluding hydrogens is 614 g/mol. The van der Waals surface area contributed by atoms with Crippen LogP contribution in [0, 0.1) is 13.8 Å². The van der Waals surface area contributed by atoms with Gasteiger partial charge in [-0.2, -0.15) is 5.10 Å². The molecule has 12 heteroatoms. The van der Waals surface area contributed by atoms with Crippen molar-refractivity contribution in [3.05, 3.63) is 80.6 Å². The number of nitrogens with two attached hydrogens (primary N) is 1. The van der Waals surface area contributed by atoms with Crippen molar-refractivity contribution in [2.24, 2.45) is 10.2 Å². The molecule has 9 nitrogen and oxygen atoms in total. The second kappa shape index (κ2) is 10.5. The van der Waals surface area contributed by atoms with Gasteiger partial charge in [0.25, 0.3) is 5.91 Å². The second-order valence-corrected chi connectivity index (χ2v) is 11.1. The lowest BCUT2D eigenvalue weighted by molar-refractivity contribution is -0.123. The fourth-order valence-electron chi connectivity index (χ4n) is 3.73. The maximum atomic E-state index is 12.4. The molecule has 2 aromatic carbocycles.